The molecule has 3 N–H and O–H groups in total. The second-order valence-electron chi connectivity index (χ2n) is 6.01. The summed E-state index contributed by atoms with van der Waals surface area (Å²) in [5.74, 6) is 1.67. The molecule has 2 unspecified atom stereocenters. The van der Waals surface area contributed by atoms with Gasteiger partial charge in [-0.15, -0.1) is 0 Å². The van der Waals surface area contributed by atoms with Crippen molar-refractivity contribution in [1.29, 1.82) is 0 Å². The summed E-state index contributed by atoms with van der Waals surface area (Å²) in [7, 11) is 0. The molecule has 1 saturated carbocycles. The predicted molar refractivity (Wildman–Crippen MR) is 84.8 cm³/mol. The van der Waals surface area contributed by atoms with E-state index in [1.807, 2.05) is 47.4 Å². The third-order valence-electron chi connectivity index (χ3n) is 4.56. The molecule has 1 aliphatic carbocycles. The Morgan fingerprint density at radius 3 is 2.55 bits per heavy atom. The molecule has 4 rings (SSSR count). The molecular weight excluding hydrogens is 276 g/mol. The summed E-state index contributed by atoms with van der Waals surface area (Å²) in [4.78, 5) is 18.8. The maximum Gasteiger partial charge on any atom is 0.272 e. The quantitative estimate of drug-likeness (QED) is 0.906. The topological polar surface area (TPSA) is 71.2 Å². The third-order valence-corrected chi connectivity index (χ3v) is 4.56. The maximum absolute atomic E-state index is 12.5. The van der Waals surface area contributed by atoms with E-state index >= 15 is 0 Å². The zero-order chi connectivity index (χ0) is 15.1. The Bertz CT molecular complexity index is 691. The summed E-state index contributed by atoms with van der Waals surface area (Å²) >= 11 is 0. The number of hydrogen-bond acceptors (Lipinski definition) is 4. The number of anilines is 2. The fourth-order valence-electron chi connectivity index (χ4n) is 3.19. The highest BCUT2D eigenvalue weighted by atomic mass is 16.2. The zero-order valence-electron chi connectivity index (χ0n) is 12.1. The number of rotatable bonds is 3. The smallest absolute Gasteiger partial charge is 0.272 e. The first-order valence-corrected chi connectivity index (χ1v) is 7.56. The molecule has 2 aromatic rings. The summed E-state index contributed by atoms with van der Waals surface area (Å²) in [6.45, 7) is 1.53. The number of para-hydroxylation sites is 1. The SMILES string of the molecule is NC1C2CN(C(=O)c3cccc(Nc4ccccc4)n3)CC12. The van der Waals surface area contributed by atoms with Gasteiger partial charge in [0, 0.05) is 24.8 Å². The van der Waals surface area contributed by atoms with Crippen molar-refractivity contribution in [2.45, 2.75) is 6.04 Å². The van der Waals surface area contributed by atoms with E-state index in [0.717, 1.165) is 18.8 Å². The minimum atomic E-state index is -0.00360. The van der Waals surface area contributed by atoms with E-state index in [4.69, 9.17) is 5.73 Å². The van der Waals surface area contributed by atoms with Crippen LogP contribution in [0.15, 0.2) is 48.5 Å². The summed E-state index contributed by atoms with van der Waals surface area (Å²) in [6, 6.07) is 15.6. The molecule has 2 fully saturated rings. The molecule has 2 heterocycles. The van der Waals surface area contributed by atoms with Crippen molar-refractivity contribution in [2.24, 2.45) is 17.6 Å². The zero-order valence-corrected chi connectivity index (χ0v) is 12.1. The van der Waals surface area contributed by atoms with E-state index < -0.39 is 0 Å². The number of nitrogens with zero attached hydrogens (tertiary/aromatic N) is 2. The molecule has 0 bridgehead atoms. The Hall–Kier alpha value is -2.40. The van der Waals surface area contributed by atoms with E-state index in [2.05, 4.69) is 10.3 Å². The lowest BCUT2D eigenvalue weighted by atomic mass is 10.3. The van der Waals surface area contributed by atoms with Crippen LogP contribution < -0.4 is 11.1 Å². The number of likely N-dealkylation sites (tertiary alicyclic amines) is 1. The lowest BCUT2D eigenvalue weighted by Gasteiger charge is -2.18. The number of hydrogen-bond donors (Lipinski definition) is 2. The highest BCUT2D eigenvalue weighted by Crippen LogP contribution is 2.44. The molecule has 2 aliphatic rings. The molecule has 2 atom stereocenters. The van der Waals surface area contributed by atoms with Gasteiger partial charge in [-0.05, 0) is 36.1 Å². The van der Waals surface area contributed by atoms with Crippen LogP contribution in [-0.2, 0) is 0 Å². The van der Waals surface area contributed by atoms with Gasteiger partial charge in [0.15, 0.2) is 0 Å². The van der Waals surface area contributed by atoms with Gasteiger partial charge in [0.25, 0.3) is 5.91 Å². The van der Waals surface area contributed by atoms with Gasteiger partial charge in [-0.3, -0.25) is 4.79 Å². The van der Waals surface area contributed by atoms with Crippen LogP contribution in [-0.4, -0.2) is 34.9 Å². The summed E-state index contributed by atoms with van der Waals surface area (Å²) in [6.07, 6.45) is 0. The molecule has 1 aromatic carbocycles. The molecule has 22 heavy (non-hydrogen) atoms. The number of amides is 1. The van der Waals surface area contributed by atoms with Gasteiger partial charge < -0.3 is 16.0 Å². The minimum absolute atomic E-state index is 0.00360. The number of fused-ring (bicyclic) bond motifs is 1. The van der Waals surface area contributed by atoms with Crippen LogP contribution in [0.25, 0.3) is 0 Å². The maximum atomic E-state index is 12.5. The molecule has 1 aromatic heterocycles. The minimum Gasteiger partial charge on any atom is -0.340 e. The van der Waals surface area contributed by atoms with E-state index in [0.29, 0.717) is 29.4 Å². The molecular formula is C17H18N4O. The van der Waals surface area contributed by atoms with Gasteiger partial charge in [-0.1, -0.05) is 24.3 Å². The molecule has 1 saturated heterocycles. The number of nitrogens with two attached hydrogens (primary N) is 1. The first-order valence-electron chi connectivity index (χ1n) is 7.56. The van der Waals surface area contributed by atoms with Crippen LogP contribution in [0.5, 0.6) is 0 Å². The van der Waals surface area contributed by atoms with Crippen molar-refractivity contribution in [3.63, 3.8) is 0 Å². The second kappa shape index (κ2) is 5.10. The Kier molecular flexibility index (Phi) is 3.08. The van der Waals surface area contributed by atoms with Gasteiger partial charge in [0.2, 0.25) is 0 Å². The molecule has 0 spiro atoms. The van der Waals surface area contributed by atoms with E-state index in [9.17, 15) is 4.79 Å². The molecule has 1 amide bonds. The normalized spacial score (nSPS) is 25.7. The first kappa shape index (κ1) is 13.3. The second-order valence-corrected chi connectivity index (χ2v) is 6.01. The number of benzene rings is 1. The van der Waals surface area contributed by atoms with E-state index in [1.54, 1.807) is 6.07 Å². The standard InChI is InChI=1S/C17H18N4O/c18-16-12-9-21(10-13(12)16)17(22)14-7-4-8-15(20-14)19-11-5-2-1-3-6-11/h1-8,12-13,16H,9-10,18H2,(H,19,20). The Labute approximate surface area is 129 Å². The van der Waals surface area contributed by atoms with Crippen molar-refractivity contribution >= 4 is 17.4 Å². The fraction of sp³-hybridized carbons (Fsp3) is 0.294. The Morgan fingerprint density at radius 1 is 1.09 bits per heavy atom. The Morgan fingerprint density at radius 2 is 1.82 bits per heavy atom. The summed E-state index contributed by atoms with van der Waals surface area (Å²) in [5, 5.41) is 3.21. The first-order chi connectivity index (χ1) is 10.7. The number of carbonyl (C=O) groups excluding carboxylic acids is 1. The predicted octanol–water partition coefficient (Wildman–Crippen LogP) is 1.85. The molecule has 5 heteroatoms. The fourth-order valence-corrected chi connectivity index (χ4v) is 3.19. The largest absolute Gasteiger partial charge is 0.340 e. The lowest BCUT2D eigenvalue weighted by molar-refractivity contribution is 0.0767. The van der Waals surface area contributed by atoms with Crippen LogP contribution in [0.1, 0.15) is 10.5 Å². The number of piperidine rings is 1. The lowest BCUT2D eigenvalue weighted by Crippen LogP contribution is -2.34. The molecule has 5 nitrogen and oxygen atoms in total. The van der Waals surface area contributed by atoms with Crippen molar-refractivity contribution in [3.05, 3.63) is 54.2 Å². The molecule has 0 radical (unpaired) electrons. The van der Waals surface area contributed by atoms with Gasteiger partial charge in [-0.25, -0.2) is 4.98 Å². The average Bonchev–Trinajstić information content (AvgIpc) is 2.98. The van der Waals surface area contributed by atoms with Crippen LogP contribution in [0.2, 0.25) is 0 Å². The van der Waals surface area contributed by atoms with Crippen LogP contribution >= 0.6 is 0 Å². The molecule has 112 valence electrons. The van der Waals surface area contributed by atoms with Crippen molar-refractivity contribution in [2.75, 3.05) is 18.4 Å². The van der Waals surface area contributed by atoms with Gasteiger partial charge in [-0.2, -0.15) is 0 Å². The highest BCUT2D eigenvalue weighted by molar-refractivity contribution is 5.93. The van der Waals surface area contributed by atoms with Crippen LogP contribution in [0.4, 0.5) is 11.5 Å². The van der Waals surface area contributed by atoms with Gasteiger partial charge >= 0.3 is 0 Å². The summed E-state index contributed by atoms with van der Waals surface area (Å²) in [5.41, 5.74) is 7.35. The number of carbonyl (C=O) groups is 1. The van der Waals surface area contributed by atoms with E-state index in [-0.39, 0.29) is 5.91 Å². The molecule has 1 aliphatic heterocycles. The van der Waals surface area contributed by atoms with Gasteiger partial charge in [0.05, 0.1) is 0 Å². The monoisotopic (exact) mass is 294 g/mol. The van der Waals surface area contributed by atoms with E-state index in [1.165, 1.54) is 0 Å². The van der Waals surface area contributed by atoms with Crippen molar-refractivity contribution in [1.82, 2.24) is 9.88 Å². The third kappa shape index (κ3) is 2.33. The summed E-state index contributed by atoms with van der Waals surface area (Å²) < 4.78 is 0. The van der Waals surface area contributed by atoms with Crippen molar-refractivity contribution < 1.29 is 4.79 Å². The Balaban J connectivity index is 1.48. The number of pyridine rings is 1. The van der Waals surface area contributed by atoms with Crippen LogP contribution in [0.3, 0.4) is 0 Å². The van der Waals surface area contributed by atoms with Crippen molar-refractivity contribution in [3.8, 4) is 0 Å². The number of aromatic nitrogens is 1. The number of nitrogens with one attached hydrogen (secondary N) is 1. The highest BCUT2D eigenvalue weighted by Gasteiger charge is 2.54. The van der Waals surface area contributed by atoms with Gasteiger partial charge in [0.1, 0.15) is 11.5 Å². The van der Waals surface area contributed by atoms with Crippen LogP contribution in [0, 0.1) is 11.8 Å². The average molecular weight is 294 g/mol.